The maximum Gasteiger partial charge on any atom is 0.343 e. The minimum atomic E-state index is -0.648. The van der Waals surface area contributed by atoms with E-state index >= 15 is 0 Å². The third-order valence-corrected chi connectivity index (χ3v) is 4.68. The van der Waals surface area contributed by atoms with E-state index in [1.54, 1.807) is 18.5 Å². The fourth-order valence-corrected chi connectivity index (χ4v) is 3.21. The first-order chi connectivity index (χ1) is 12.6. The molecule has 1 aliphatic heterocycles. The maximum atomic E-state index is 12.7. The standard InChI is InChI=1S/C18H20BrN3O4/c1-2-7-26-18(24)14-12-22(4-3-21-5-8-25-9-6-21)15-11-20-16(19)10-13(15)17(14)23/h2,10-12H,1,3-9H2. The largest absolute Gasteiger partial charge is 0.458 e. The van der Waals surface area contributed by atoms with Crippen LogP contribution in [-0.4, -0.2) is 59.9 Å². The van der Waals surface area contributed by atoms with Gasteiger partial charge in [-0.15, -0.1) is 0 Å². The number of hydrogen-bond donors (Lipinski definition) is 0. The van der Waals surface area contributed by atoms with E-state index in [0.29, 0.717) is 22.1 Å². The van der Waals surface area contributed by atoms with Gasteiger partial charge in [-0.05, 0) is 22.0 Å². The molecule has 0 aromatic carbocycles. The second-order valence-corrected chi connectivity index (χ2v) is 6.74. The predicted molar refractivity (Wildman–Crippen MR) is 101 cm³/mol. The highest BCUT2D eigenvalue weighted by molar-refractivity contribution is 9.10. The quantitative estimate of drug-likeness (QED) is 0.402. The fraction of sp³-hybridized carbons (Fsp3) is 0.389. The number of carbonyl (C=O) groups is 1. The van der Waals surface area contributed by atoms with E-state index in [1.165, 1.54) is 6.08 Å². The Hall–Kier alpha value is -2.03. The van der Waals surface area contributed by atoms with Crippen LogP contribution in [0.15, 0.2) is 40.5 Å². The molecule has 0 aliphatic carbocycles. The van der Waals surface area contributed by atoms with Gasteiger partial charge in [0.2, 0.25) is 5.43 Å². The lowest BCUT2D eigenvalue weighted by Gasteiger charge is -2.27. The Morgan fingerprint density at radius 3 is 2.88 bits per heavy atom. The molecule has 0 radical (unpaired) electrons. The van der Waals surface area contributed by atoms with Crippen molar-refractivity contribution in [1.29, 1.82) is 0 Å². The molecule has 0 N–H and O–H groups in total. The smallest absolute Gasteiger partial charge is 0.343 e. The zero-order valence-electron chi connectivity index (χ0n) is 14.3. The molecule has 0 amide bonds. The number of morpholine rings is 1. The monoisotopic (exact) mass is 421 g/mol. The average Bonchev–Trinajstić information content (AvgIpc) is 2.66. The first-order valence-corrected chi connectivity index (χ1v) is 9.16. The summed E-state index contributed by atoms with van der Waals surface area (Å²) in [4.78, 5) is 31.5. The summed E-state index contributed by atoms with van der Waals surface area (Å²) >= 11 is 3.29. The van der Waals surface area contributed by atoms with E-state index in [9.17, 15) is 9.59 Å². The lowest BCUT2D eigenvalue weighted by molar-refractivity contribution is 0.0365. The first kappa shape index (κ1) is 18.8. The van der Waals surface area contributed by atoms with Gasteiger partial charge >= 0.3 is 5.97 Å². The van der Waals surface area contributed by atoms with Gasteiger partial charge in [-0.1, -0.05) is 12.7 Å². The van der Waals surface area contributed by atoms with E-state index in [1.807, 2.05) is 4.57 Å². The summed E-state index contributed by atoms with van der Waals surface area (Å²) in [6.45, 7) is 8.18. The van der Waals surface area contributed by atoms with Gasteiger partial charge in [0.05, 0.1) is 30.3 Å². The number of esters is 1. The van der Waals surface area contributed by atoms with Crippen molar-refractivity contribution in [2.45, 2.75) is 6.54 Å². The Balaban J connectivity index is 1.96. The van der Waals surface area contributed by atoms with Crippen molar-refractivity contribution in [3.05, 3.63) is 51.5 Å². The third kappa shape index (κ3) is 4.20. The van der Waals surface area contributed by atoms with Crippen molar-refractivity contribution >= 4 is 32.8 Å². The average molecular weight is 422 g/mol. The maximum absolute atomic E-state index is 12.7. The second kappa shape index (κ2) is 8.57. The lowest BCUT2D eigenvalue weighted by Crippen LogP contribution is -2.38. The summed E-state index contributed by atoms with van der Waals surface area (Å²) in [6.07, 6.45) is 4.67. The number of rotatable bonds is 6. The molecule has 2 aromatic heterocycles. The normalized spacial score (nSPS) is 15.1. The Kier molecular flexibility index (Phi) is 6.18. The summed E-state index contributed by atoms with van der Waals surface area (Å²) in [7, 11) is 0. The van der Waals surface area contributed by atoms with Gasteiger partial charge in [0.1, 0.15) is 16.8 Å². The molecule has 0 bridgehead atoms. The Morgan fingerprint density at radius 2 is 2.15 bits per heavy atom. The molecule has 2 aromatic rings. The molecule has 0 unspecified atom stereocenters. The zero-order chi connectivity index (χ0) is 18.5. The molecule has 3 rings (SSSR count). The van der Waals surface area contributed by atoms with Gasteiger partial charge in [0, 0.05) is 32.4 Å². The van der Waals surface area contributed by atoms with Crippen LogP contribution in [0.4, 0.5) is 0 Å². The van der Waals surface area contributed by atoms with Crippen molar-refractivity contribution in [3.8, 4) is 0 Å². The summed E-state index contributed by atoms with van der Waals surface area (Å²) in [5, 5.41) is 0.432. The number of halogens is 1. The van der Waals surface area contributed by atoms with Crippen LogP contribution >= 0.6 is 15.9 Å². The molecule has 1 fully saturated rings. The van der Waals surface area contributed by atoms with Crippen LogP contribution in [0.25, 0.3) is 10.9 Å². The van der Waals surface area contributed by atoms with Crippen LogP contribution in [0.3, 0.4) is 0 Å². The molecule has 3 heterocycles. The van der Waals surface area contributed by atoms with E-state index in [4.69, 9.17) is 9.47 Å². The number of nitrogens with zero attached hydrogens (tertiary/aromatic N) is 3. The molecule has 1 saturated heterocycles. The molecule has 8 heteroatoms. The van der Waals surface area contributed by atoms with E-state index in [2.05, 4.69) is 32.4 Å². The SMILES string of the molecule is C=CCOC(=O)c1cn(CCN2CCOCC2)c2cnc(Br)cc2c1=O. The summed E-state index contributed by atoms with van der Waals surface area (Å²) in [5.74, 6) is -0.648. The molecular formula is C18H20BrN3O4. The fourth-order valence-electron chi connectivity index (χ4n) is 2.88. The molecule has 138 valence electrons. The minimum absolute atomic E-state index is 0.0134. The number of ether oxygens (including phenoxy) is 2. The van der Waals surface area contributed by atoms with Gasteiger partial charge < -0.3 is 14.0 Å². The van der Waals surface area contributed by atoms with Crippen molar-refractivity contribution in [1.82, 2.24) is 14.5 Å². The zero-order valence-corrected chi connectivity index (χ0v) is 15.9. The van der Waals surface area contributed by atoms with Crippen LogP contribution in [0.2, 0.25) is 0 Å². The molecular weight excluding hydrogens is 402 g/mol. The molecule has 0 saturated carbocycles. The van der Waals surface area contributed by atoms with Crippen LogP contribution in [0.1, 0.15) is 10.4 Å². The topological polar surface area (TPSA) is 73.7 Å². The first-order valence-electron chi connectivity index (χ1n) is 8.37. The van der Waals surface area contributed by atoms with Gasteiger partial charge in [0.25, 0.3) is 0 Å². The van der Waals surface area contributed by atoms with E-state index in [-0.39, 0.29) is 17.6 Å². The highest BCUT2D eigenvalue weighted by atomic mass is 79.9. The van der Waals surface area contributed by atoms with Crippen molar-refractivity contribution in [2.24, 2.45) is 0 Å². The number of aromatic nitrogens is 2. The number of hydrogen-bond acceptors (Lipinski definition) is 6. The van der Waals surface area contributed by atoms with Crippen LogP contribution in [-0.2, 0) is 16.0 Å². The number of carbonyl (C=O) groups excluding carboxylic acids is 1. The van der Waals surface area contributed by atoms with Crippen molar-refractivity contribution in [2.75, 3.05) is 39.5 Å². The minimum Gasteiger partial charge on any atom is -0.458 e. The highest BCUT2D eigenvalue weighted by Gasteiger charge is 2.18. The van der Waals surface area contributed by atoms with Crippen molar-refractivity contribution in [3.63, 3.8) is 0 Å². The summed E-state index contributed by atoms with van der Waals surface area (Å²) < 4.78 is 12.9. The predicted octanol–water partition coefficient (Wildman–Crippen LogP) is 1.83. The summed E-state index contributed by atoms with van der Waals surface area (Å²) in [5.41, 5.74) is 0.339. The van der Waals surface area contributed by atoms with Crippen LogP contribution in [0.5, 0.6) is 0 Å². The second-order valence-electron chi connectivity index (χ2n) is 5.93. The molecule has 1 aliphatic rings. The van der Waals surface area contributed by atoms with E-state index in [0.717, 1.165) is 32.8 Å². The van der Waals surface area contributed by atoms with Crippen LogP contribution < -0.4 is 5.43 Å². The van der Waals surface area contributed by atoms with Gasteiger partial charge in [0.15, 0.2) is 0 Å². The van der Waals surface area contributed by atoms with Gasteiger partial charge in [-0.2, -0.15) is 0 Å². The lowest BCUT2D eigenvalue weighted by atomic mass is 10.1. The molecule has 7 nitrogen and oxygen atoms in total. The van der Waals surface area contributed by atoms with Gasteiger partial charge in [-0.3, -0.25) is 9.69 Å². The Labute approximate surface area is 159 Å². The molecule has 0 spiro atoms. The van der Waals surface area contributed by atoms with E-state index < -0.39 is 5.97 Å². The highest BCUT2D eigenvalue weighted by Crippen LogP contribution is 2.16. The summed E-state index contributed by atoms with van der Waals surface area (Å²) in [6, 6.07) is 1.63. The Morgan fingerprint density at radius 1 is 1.38 bits per heavy atom. The third-order valence-electron chi connectivity index (χ3n) is 4.25. The number of fused-ring (bicyclic) bond motifs is 1. The van der Waals surface area contributed by atoms with Crippen molar-refractivity contribution < 1.29 is 14.3 Å². The Bertz CT molecular complexity index is 875. The van der Waals surface area contributed by atoms with Crippen LogP contribution in [0, 0.1) is 0 Å². The van der Waals surface area contributed by atoms with Gasteiger partial charge in [-0.25, -0.2) is 9.78 Å². The number of pyridine rings is 2. The molecule has 26 heavy (non-hydrogen) atoms. The molecule has 0 atom stereocenters.